The Bertz CT molecular complexity index is 599. The largest absolute Gasteiger partial charge is 0.496 e. The molecule has 0 radical (unpaired) electrons. The first-order valence-electron chi connectivity index (χ1n) is 9.50. The number of carbonyl (C=O) groups is 1. The SMILES string of the molecule is C=CC/C=C\C/C=C\CCCCCCCc1cccc(OC)c1C(=O)O. The molecule has 1 N–H and O–H groups in total. The van der Waals surface area contributed by atoms with E-state index in [1.54, 1.807) is 6.07 Å². The molecule has 0 atom stereocenters. The fourth-order valence-electron chi connectivity index (χ4n) is 2.89. The maximum Gasteiger partial charge on any atom is 0.339 e. The maximum atomic E-state index is 11.4. The van der Waals surface area contributed by atoms with Crippen LogP contribution in [0.1, 0.15) is 67.3 Å². The number of rotatable bonds is 14. The summed E-state index contributed by atoms with van der Waals surface area (Å²) in [6.45, 7) is 3.69. The Labute approximate surface area is 158 Å². The number of unbranched alkanes of at least 4 members (excludes halogenated alkanes) is 5. The van der Waals surface area contributed by atoms with Gasteiger partial charge < -0.3 is 9.84 Å². The van der Waals surface area contributed by atoms with Crippen molar-refractivity contribution in [1.82, 2.24) is 0 Å². The van der Waals surface area contributed by atoms with Crippen molar-refractivity contribution in [2.75, 3.05) is 7.11 Å². The molecule has 3 heteroatoms. The third-order valence-corrected chi connectivity index (χ3v) is 4.27. The third kappa shape index (κ3) is 8.70. The molecule has 1 aromatic rings. The monoisotopic (exact) mass is 356 g/mol. The van der Waals surface area contributed by atoms with Crippen LogP contribution in [0.5, 0.6) is 5.75 Å². The number of hydrogen-bond acceptors (Lipinski definition) is 2. The predicted octanol–water partition coefficient (Wildman–Crippen LogP) is 6.36. The van der Waals surface area contributed by atoms with Gasteiger partial charge in [-0.2, -0.15) is 0 Å². The van der Waals surface area contributed by atoms with Crippen molar-refractivity contribution >= 4 is 5.97 Å². The van der Waals surface area contributed by atoms with E-state index in [0.29, 0.717) is 11.3 Å². The number of ether oxygens (including phenoxy) is 1. The van der Waals surface area contributed by atoms with Crippen LogP contribution in [0, 0.1) is 0 Å². The number of benzene rings is 1. The van der Waals surface area contributed by atoms with Gasteiger partial charge in [-0.3, -0.25) is 0 Å². The fraction of sp³-hybridized carbons (Fsp3) is 0.435. The molecule has 0 bridgehead atoms. The van der Waals surface area contributed by atoms with E-state index in [9.17, 15) is 9.90 Å². The number of methoxy groups -OCH3 is 1. The smallest absolute Gasteiger partial charge is 0.339 e. The Morgan fingerprint density at radius 1 is 1.04 bits per heavy atom. The van der Waals surface area contributed by atoms with Gasteiger partial charge >= 0.3 is 5.97 Å². The van der Waals surface area contributed by atoms with E-state index in [1.165, 1.54) is 26.4 Å². The van der Waals surface area contributed by atoms with Crippen LogP contribution in [0.2, 0.25) is 0 Å². The molecule has 3 nitrogen and oxygen atoms in total. The molecule has 0 saturated heterocycles. The number of carboxylic acid groups (broad SMARTS) is 1. The van der Waals surface area contributed by atoms with E-state index in [4.69, 9.17) is 4.74 Å². The van der Waals surface area contributed by atoms with Gasteiger partial charge in [0.2, 0.25) is 0 Å². The Morgan fingerprint density at radius 3 is 2.46 bits per heavy atom. The number of aryl methyl sites for hydroxylation is 1. The standard InChI is InChI=1S/C23H32O3/c1-3-4-5-6-7-8-9-10-11-12-13-14-15-17-20-18-16-19-21(26-2)22(20)23(24)25/h3,5-6,8-9,16,18-19H,1,4,7,10-15,17H2,2H3,(H,24,25)/b6-5-,9-8-. The van der Waals surface area contributed by atoms with Gasteiger partial charge in [-0.05, 0) is 50.2 Å². The molecule has 0 spiro atoms. The van der Waals surface area contributed by atoms with Crippen LogP contribution >= 0.6 is 0 Å². The Hall–Kier alpha value is -2.29. The van der Waals surface area contributed by atoms with Crippen LogP contribution in [0.25, 0.3) is 0 Å². The Kier molecular flexibility index (Phi) is 11.7. The van der Waals surface area contributed by atoms with Crippen molar-refractivity contribution in [1.29, 1.82) is 0 Å². The highest BCUT2D eigenvalue weighted by Crippen LogP contribution is 2.24. The molecular formula is C23H32O3. The fourth-order valence-corrected chi connectivity index (χ4v) is 2.89. The van der Waals surface area contributed by atoms with E-state index in [2.05, 4.69) is 30.9 Å². The van der Waals surface area contributed by atoms with Crippen molar-refractivity contribution in [3.8, 4) is 5.75 Å². The molecule has 0 aromatic heterocycles. The second-order valence-corrected chi connectivity index (χ2v) is 6.31. The van der Waals surface area contributed by atoms with Gasteiger partial charge in [0.15, 0.2) is 0 Å². The molecular weight excluding hydrogens is 324 g/mol. The average Bonchev–Trinajstić information content (AvgIpc) is 2.65. The lowest BCUT2D eigenvalue weighted by atomic mass is 9.99. The Balaban J connectivity index is 2.17. The molecule has 0 fully saturated rings. The third-order valence-electron chi connectivity index (χ3n) is 4.27. The topological polar surface area (TPSA) is 46.5 Å². The zero-order chi connectivity index (χ0) is 19.0. The summed E-state index contributed by atoms with van der Waals surface area (Å²) in [6.07, 6.45) is 20.3. The van der Waals surface area contributed by atoms with Crippen molar-refractivity contribution in [3.63, 3.8) is 0 Å². The molecule has 0 saturated carbocycles. The average molecular weight is 357 g/mol. The molecule has 26 heavy (non-hydrogen) atoms. The normalized spacial score (nSPS) is 11.3. The predicted molar refractivity (Wildman–Crippen MR) is 109 cm³/mol. The van der Waals surface area contributed by atoms with Gasteiger partial charge in [-0.15, -0.1) is 6.58 Å². The summed E-state index contributed by atoms with van der Waals surface area (Å²) in [6, 6.07) is 5.45. The van der Waals surface area contributed by atoms with E-state index in [1.807, 2.05) is 18.2 Å². The molecule has 0 heterocycles. The summed E-state index contributed by atoms with van der Waals surface area (Å²) < 4.78 is 5.17. The van der Waals surface area contributed by atoms with Crippen LogP contribution in [-0.2, 0) is 6.42 Å². The summed E-state index contributed by atoms with van der Waals surface area (Å²) in [4.78, 5) is 11.4. The highest BCUT2D eigenvalue weighted by atomic mass is 16.5. The maximum absolute atomic E-state index is 11.4. The van der Waals surface area contributed by atoms with Crippen molar-refractivity contribution in [2.45, 2.75) is 57.8 Å². The first-order valence-corrected chi connectivity index (χ1v) is 9.50. The summed E-state index contributed by atoms with van der Waals surface area (Å²) in [5.74, 6) is -0.468. The number of carboxylic acids is 1. The lowest BCUT2D eigenvalue weighted by Gasteiger charge is -2.10. The van der Waals surface area contributed by atoms with Crippen LogP contribution in [0.15, 0.2) is 55.2 Å². The molecule has 0 aliphatic heterocycles. The summed E-state index contributed by atoms with van der Waals surface area (Å²) >= 11 is 0. The second-order valence-electron chi connectivity index (χ2n) is 6.31. The number of hydrogen-bond donors (Lipinski definition) is 1. The lowest BCUT2D eigenvalue weighted by molar-refractivity contribution is 0.0692. The molecule has 0 aliphatic carbocycles. The molecule has 0 aliphatic rings. The zero-order valence-electron chi connectivity index (χ0n) is 16.0. The van der Waals surface area contributed by atoms with E-state index in [0.717, 1.165) is 44.1 Å². The summed E-state index contributed by atoms with van der Waals surface area (Å²) in [5.41, 5.74) is 1.17. The van der Waals surface area contributed by atoms with E-state index >= 15 is 0 Å². The minimum Gasteiger partial charge on any atom is -0.496 e. The number of aromatic carboxylic acids is 1. The summed E-state index contributed by atoms with van der Waals surface area (Å²) in [5, 5.41) is 9.39. The van der Waals surface area contributed by atoms with Crippen molar-refractivity contribution in [2.24, 2.45) is 0 Å². The van der Waals surface area contributed by atoms with Crippen molar-refractivity contribution < 1.29 is 14.6 Å². The quantitative estimate of drug-likeness (QED) is 0.312. The first kappa shape index (κ1) is 21.8. The second kappa shape index (κ2) is 13.9. The Morgan fingerprint density at radius 2 is 1.73 bits per heavy atom. The van der Waals surface area contributed by atoms with E-state index < -0.39 is 5.97 Å². The van der Waals surface area contributed by atoms with Gasteiger partial charge in [-0.25, -0.2) is 4.79 Å². The molecule has 1 rings (SSSR count). The zero-order valence-corrected chi connectivity index (χ0v) is 16.0. The van der Waals surface area contributed by atoms with Gasteiger partial charge in [0.05, 0.1) is 7.11 Å². The van der Waals surface area contributed by atoms with Gasteiger partial charge in [0.1, 0.15) is 11.3 Å². The number of allylic oxidation sites excluding steroid dienone is 5. The molecule has 0 unspecified atom stereocenters. The molecule has 1 aromatic carbocycles. The van der Waals surface area contributed by atoms with E-state index in [-0.39, 0.29) is 0 Å². The van der Waals surface area contributed by atoms with Gasteiger partial charge in [0, 0.05) is 0 Å². The van der Waals surface area contributed by atoms with Crippen LogP contribution in [-0.4, -0.2) is 18.2 Å². The minimum atomic E-state index is -0.913. The van der Waals surface area contributed by atoms with Gasteiger partial charge in [0.25, 0.3) is 0 Å². The van der Waals surface area contributed by atoms with Crippen LogP contribution in [0.3, 0.4) is 0 Å². The highest BCUT2D eigenvalue weighted by molar-refractivity contribution is 5.92. The minimum absolute atomic E-state index is 0.308. The molecule has 142 valence electrons. The van der Waals surface area contributed by atoms with Crippen LogP contribution < -0.4 is 4.74 Å². The van der Waals surface area contributed by atoms with Crippen LogP contribution in [0.4, 0.5) is 0 Å². The first-order chi connectivity index (χ1) is 12.7. The van der Waals surface area contributed by atoms with Gasteiger partial charge in [-0.1, -0.05) is 61.8 Å². The lowest BCUT2D eigenvalue weighted by Crippen LogP contribution is -2.05. The summed E-state index contributed by atoms with van der Waals surface area (Å²) in [7, 11) is 1.51. The highest BCUT2D eigenvalue weighted by Gasteiger charge is 2.15. The molecule has 0 amide bonds. The van der Waals surface area contributed by atoms with Crippen molar-refractivity contribution in [3.05, 3.63) is 66.3 Å².